The summed E-state index contributed by atoms with van der Waals surface area (Å²) in [6.07, 6.45) is 0. The fourth-order valence-electron chi connectivity index (χ4n) is 6.41. The van der Waals surface area contributed by atoms with Gasteiger partial charge < -0.3 is 4.42 Å². The molecule has 0 atom stereocenters. The second kappa shape index (κ2) is 10.7. The number of benzene rings is 7. The van der Waals surface area contributed by atoms with Crippen molar-refractivity contribution in [3.05, 3.63) is 151 Å². The molecule has 0 saturated carbocycles. The first kappa shape index (κ1) is 26.6. The predicted molar refractivity (Wildman–Crippen MR) is 189 cm³/mol. The van der Waals surface area contributed by atoms with Crippen LogP contribution in [0, 0.1) is 0 Å². The molecule has 4 nitrogen and oxygen atoms in total. The van der Waals surface area contributed by atoms with Crippen LogP contribution in [0.4, 0.5) is 0 Å². The lowest BCUT2D eigenvalue weighted by Gasteiger charge is -2.16. The van der Waals surface area contributed by atoms with Crippen molar-refractivity contribution in [1.82, 2.24) is 15.0 Å². The Bertz CT molecular complexity index is 2610. The summed E-state index contributed by atoms with van der Waals surface area (Å²) in [5, 5.41) is 6.93. The standard InChI is InChI=1S/C41H24ClN3O/c42-35-24-34(26-12-2-1-3-13-26)37(31-17-7-6-15-29(31)35)41-44-39(28-22-21-25-11-4-5-14-27(25)23-28)43-40(45-41)33-19-10-18-32-30-16-8-9-20-36(30)46-38(32)33/h1-24H. The van der Waals surface area contributed by atoms with E-state index in [-0.39, 0.29) is 0 Å². The molecule has 0 fully saturated rings. The van der Waals surface area contributed by atoms with Crippen LogP contribution in [-0.2, 0) is 0 Å². The molecule has 0 aliphatic carbocycles. The summed E-state index contributed by atoms with van der Waals surface area (Å²) in [6.45, 7) is 0. The van der Waals surface area contributed by atoms with E-state index in [1.165, 1.54) is 0 Å². The lowest BCUT2D eigenvalue weighted by molar-refractivity contribution is 0.669. The number of para-hydroxylation sites is 2. The molecule has 0 aliphatic heterocycles. The number of nitrogens with zero attached hydrogens (tertiary/aromatic N) is 3. The Kier molecular flexibility index (Phi) is 6.15. The van der Waals surface area contributed by atoms with Crippen molar-refractivity contribution in [3.63, 3.8) is 0 Å². The number of halogens is 1. The Hall–Kier alpha value is -5.84. The molecular formula is C41H24ClN3O. The van der Waals surface area contributed by atoms with E-state index < -0.39 is 0 Å². The predicted octanol–water partition coefficient (Wildman–Crippen LogP) is 11.4. The molecule has 2 heterocycles. The topological polar surface area (TPSA) is 51.8 Å². The van der Waals surface area contributed by atoms with Crippen LogP contribution in [0.2, 0.25) is 5.02 Å². The van der Waals surface area contributed by atoms with Gasteiger partial charge in [0.15, 0.2) is 17.5 Å². The Morgan fingerprint density at radius 2 is 1.11 bits per heavy atom. The maximum absolute atomic E-state index is 6.92. The molecule has 0 radical (unpaired) electrons. The maximum atomic E-state index is 6.92. The smallest absolute Gasteiger partial charge is 0.167 e. The van der Waals surface area contributed by atoms with Gasteiger partial charge in [0.1, 0.15) is 11.2 Å². The Balaban J connectivity index is 1.38. The Morgan fingerprint density at radius 3 is 1.98 bits per heavy atom. The molecule has 0 saturated heterocycles. The molecule has 2 aromatic heterocycles. The van der Waals surface area contributed by atoms with Crippen molar-refractivity contribution >= 4 is 55.1 Å². The molecule has 5 heteroatoms. The zero-order valence-electron chi connectivity index (χ0n) is 24.5. The molecule has 9 aromatic rings. The normalized spacial score (nSPS) is 11.6. The maximum Gasteiger partial charge on any atom is 0.167 e. The molecule has 0 bridgehead atoms. The highest BCUT2D eigenvalue weighted by Gasteiger charge is 2.22. The first-order valence-corrected chi connectivity index (χ1v) is 15.5. The molecule has 7 aromatic carbocycles. The van der Waals surface area contributed by atoms with Gasteiger partial charge in [0.2, 0.25) is 0 Å². The molecule has 0 aliphatic rings. The van der Waals surface area contributed by atoms with Crippen LogP contribution < -0.4 is 0 Å². The average molecular weight is 610 g/mol. The summed E-state index contributed by atoms with van der Waals surface area (Å²) in [5.41, 5.74) is 6.15. The summed E-state index contributed by atoms with van der Waals surface area (Å²) in [7, 11) is 0. The average Bonchev–Trinajstić information content (AvgIpc) is 3.50. The van der Waals surface area contributed by atoms with Crippen LogP contribution in [-0.4, -0.2) is 15.0 Å². The lowest BCUT2D eigenvalue weighted by atomic mass is 9.93. The molecule has 0 unspecified atom stereocenters. The quantitative estimate of drug-likeness (QED) is 0.199. The molecule has 216 valence electrons. The van der Waals surface area contributed by atoms with Gasteiger partial charge in [-0.1, -0.05) is 133 Å². The highest BCUT2D eigenvalue weighted by atomic mass is 35.5. The van der Waals surface area contributed by atoms with Gasteiger partial charge >= 0.3 is 0 Å². The molecule has 9 rings (SSSR count). The van der Waals surface area contributed by atoms with E-state index in [9.17, 15) is 0 Å². The fourth-order valence-corrected chi connectivity index (χ4v) is 6.68. The van der Waals surface area contributed by atoms with Crippen molar-refractivity contribution in [2.75, 3.05) is 0 Å². The number of hydrogen-bond acceptors (Lipinski definition) is 4. The second-order valence-electron chi connectivity index (χ2n) is 11.3. The minimum absolute atomic E-state index is 0.538. The van der Waals surface area contributed by atoms with E-state index in [4.69, 9.17) is 31.0 Å². The minimum Gasteiger partial charge on any atom is -0.455 e. The van der Waals surface area contributed by atoms with Crippen LogP contribution in [0.3, 0.4) is 0 Å². The monoisotopic (exact) mass is 609 g/mol. The van der Waals surface area contributed by atoms with Crippen LogP contribution in [0.25, 0.3) is 88.8 Å². The first-order chi connectivity index (χ1) is 22.7. The summed E-state index contributed by atoms with van der Waals surface area (Å²) < 4.78 is 6.45. The van der Waals surface area contributed by atoms with Crippen molar-refractivity contribution in [1.29, 1.82) is 0 Å². The van der Waals surface area contributed by atoms with E-state index in [2.05, 4.69) is 60.7 Å². The highest BCUT2D eigenvalue weighted by molar-refractivity contribution is 6.36. The second-order valence-corrected chi connectivity index (χ2v) is 11.7. The van der Waals surface area contributed by atoms with Gasteiger partial charge in [0.25, 0.3) is 0 Å². The van der Waals surface area contributed by atoms with E-state index in [0.29, 0.717) is 22.5 Å². The van der Waals surface area contributed by atoms with Crippen molar-refractivity contribution in [2.24, 2.45) is 0 Å². The van der Waals surface area contributed by atoms with Crippen LogP contribution in [0.15, 0.2) is 150 Å². The number of rotatable bonds is 4. The van der Waals surface area contributed by atoms with Gasteiger partial charge in [-0.2, -0.15) is 0 Å². The van der Waals surface area contributed by atoms with Crippen molar-refractivity contribution in [3.8, 4) is 45.3 Å². The van der Waals surface area contributed by atoms with E-state index in [0.717, 1.165) is 71.3 Å². The molecule has 0 spiro atoms. The minimum atomic E-state index is 0.538. The third kappa shape index (κ3) is 4.34. The molecule has 46 heavy (non-hydrogen) atoms. The summed E-state index contributed by atoms with van der Waals surface area (Å²) >= 11 is 6.92. The van der Waals surface area contributed by atoms with Gasteiger partial charge in [0, 0.05) is 32.3 Å². The van der Waals surface area contributed by atoms with Crippen molar-refractivity contribution < 1.29 is 4.42 Å². The number of fused-ring (bicyclic) bond motifs is 5. The largest absolute Gasteiger partial charge is 0.455 e. The van der Waals surface area contributed by atoms with E-state index >= 15 is 0 Å². The van der Waals surface area contributed by atoms with Gasteiger partial charge in [-0.15, -0.1) is 0 Å². The van der Waals surface area contributed by atoms with Gasteiger partial charge in [-0.3, -0.25) is 0 Å². The highest BCUT2D eigenvalue weighted by Crippen LogP contribution is 2.42. The zero-order chi connectivity index (χ0) is 30.6. The number of hydrogen-bond donors (Lipinski definition) is 0. The number of furan rings is 1. The van der Waals surface area contributed by atoms with Gasteiger partial charge in [0.05, 0.1) is 5.56 Å². The Labute approximate surface area is 269 Å². The summed E-state index contributed by atoms with van der Waals surface area (Å²) in [6, 6.07) is 49.3. The molecule has 0 amide bonds. The third-order valence-corrected chi connectivity index (χ3v) is 8.90. The van der Waals surface area contributed by atoms with Crippen LogP contribution in [0.1, 0.15) is 0 Å². The summed E-state index contributed by atoms with van der Waals surface area (Å²) in [5.74, 6) is 1.68. The molecule has 0 N–H and O–H groups in total. The van der Waals surface area contributed by atoms with E-state index in [1.807, 2.05) is 84.9 Å². The zero-order valence-corrected chi connectivity index (χ0v) is 25.2. The third-order valence-electron chi connectivity index (χ3n) is 8.59. The van der Waals surface area contributed by atoms with Crippen molar-refractivity contribution in [2.45, 2.75) is 0 Å². The lowest BCUT2D eigenvalue weighted by Crippen LogP contribution is -2.02. The van der Waals surface area contributed by atoms with Gasteiger partial charge in [-0.25, -0.2) is 15.0 Å². The van der Waals surface area contributed by atoms with E-state index in [1.54, 1.807) is 0 Å². The Morgan fingerprint density at radius 1 is 0.435 bits per heavy atom. The summed E-state index contributed by atoms with van der Waals surface area (Å²) in [4.78, 5) is 15.5. The van der Waals surface area contributed by atoms with Crippen LogP contribution >= 0.6 is 11.6 Å². The fraction of sp³-hybridized carbons (Fsp3) is 0. The molecular weight excluding hydrogens is 586 g/mol. The first-order valence-electron chi connectivity index (χ1n) is 15.1. The van der Waals surface area contributed by atoms with Crippen LogP contribution in [0.5, 0.6) is 0 Å². The number of aromatic nitrogens is 3. The van der Waals surface area contributed by atoms with Gasteiger partial charge in [-0.05, 0) is 51.6 Å². The SMILES string of the molecule is Clc1cc(-c2ccccc2)c(-c2nc(-c3ccc4ccccc4c3)nc(-c3cccc4c3oc3ccccc34)n2)c2ccccc12.